The zero-order valence-electron chi connectivity index (χ0n) is 11.3. The van der Waals surface area contributed by atoms with Gasteiger partial charge in [0.15, 0.2) is 0 Å². The molecule has 18 heavy (non-hydrogen) atoms. The highest BCUT2D eigenvalue weighted by atomic mass is 15.2. The van der Waals surface area contributed by atoms with Crippen molar-refractivity contribution in [1.29, 1.82) is 0 Å². The van der Waals surface area contributed by atoms with E-state index in [-0.39, 0.29) is 5.41 Å². The lowest BCUT2D eigenvalue weighted by Gasteiger charge is -2.17. The first-order valence-corrected chi connectivity index (χ1v) is 5.96. The van der Waals surface area contributed by atoms with E-state index in [1.165, 1.54) is 0 Å². The van der Waals surface area contributed by atoms with E-state index in [9.17, 15) is 0 Å². The van der Waals surface area contributed by atoms with Crippen LogP contribution in [0.3, 0.4) is 0 Å². The van der Waals surface area contributed by atoms with Gasteiger partial charge in [-0.2, -0.15) is 5.10 Å². The number of nitrogen functional groups attached to an aromatic ring is 1. The van der Waals surface area contributed by atoms with E-state index >= 15 is 0 Å². The van der Waals surface area contributed by atoms with Crippen molar-refractivity contribution in [3.05, 3.63) is 24.3 Å². The van der Waals surface area contributed by atoms with E-state index in [1.54, 1.807) is 16.9 Å². The van der Waals surface area contributed by atoms with Gasteiger partial charge in [-0.25, -0.2) is 9.97 Å². The maximum Gasteiger partial charge on any atom is 0.131 e. The van der Waals surface area contributed by atoms with Crippen molar-refractivity contribution >= 4 is 5.82 Å². The number of hydrogen-bond donors (Lipinski definition) is 1. The number of rotatable bonds is 2. The van der Waals surface area contributed by atoms with E-state index in [2.05, 4.69) is 35.8 Å². The van der Waals surface area contributed by atoms with Gasteiger partial charge in [-0.1, -0.05) is 20.8 Å². The molecule has 0 spiro atoms. The lowest BCUT2D eigenvalue weighted by atomic mass is 9.92. The van der Waals surface area contributed by atoms with Gasteiger partial charge in [0.05, 0.1) is 11.9 Å². The molecule has 0 atom stereocenters. The summed E-state index contributed by atoms with van der Waals surface area (Å²) in [4.78, 5) is 8.85. The zero-order valence-corrected chi connectivity index (χ0v) is 11.3. The molecular weight excluding hydrogens is 226 g/mol. The van der Waals surface area contributed by atoms with Gasteiger partial charge in [-0.05, 0) is 5.41 Å². The van der Waals surface area contributed by atoms with Crippen LogP contribution in [0.2, 0.25) is 0 Å². The van der Waals surface area contributed by atoms with Crippen molar-refractivity contribution in [3.63, 3.8) is 0 Å². The van der Waals surface area contributed by atoms with E-state index in [4.69, 9.17) is 5.73 Å². The number of nitrogens with two attached hydrogens (primary N) is 1. The second-order valence-corrected chi connectivity index (χ2v) is 5.73. The lowest BCUT2D eigenvalue weighted by Crippen LogP contribution is -2.13. The number of nitrogens with zero attached hydrogens (tertiary/aromatic N) is 4. The van der Waals surface area contributed by atoms with Crippen LogP contribution < -0.4 is 5.73 Å². The van der Waals surface area contributed by atoms with Crippen LogP contribution in [0.4, 0.5) is 5.82 Å². The second kappa shape index (κ2) is 4.40. The fraction of sp³-hybridized carbons (Fsp3) is 0.462. The molecule has 0 radical (unpaired) electrons. The van der Waals surface area contributed by atoms with Crippen molar-refractivity contribution in [2.75, 3.05) is 5.73 Å². The van der Waals surface area contributed by atoms with Crippen molar-refractivity contribution in [2.24, 2.45) is 12.5 Å². The molecule has 0 saturated carbocycles. The average Bonchev–Trinajstić information content (AvgIpc) is 2.61. The Balaban J connectivity index is 2.38. The summed E-state index contributed by atoms with van der Waals surface area (Å²) in [5.74, 6) is 1.28. The molecule has 2 aromatic heterocycles. The van der Waals surface area contributed by atoms with Gasteiger partial charge in [0.25, 0.3) is 0 Å². The molecular formula is C13H19N5. The molecule has 0 aliphatic rings. The fourth-order valence-electron chi connectivity index (χ4n) is 1.77. The van der Waals surface area contributed by atoms with E-state index in [1.807, 2.05) is 13.2 Å². The summed E-state index contributed by atoms with van der Waals surface area (Å²) in [5, 5.41) is 4.14. The van der Waals surface area contributed by atoms with Crippen molar-refractivity contribution in [3.8, 4) is 11.3 Å². The van der Waals surface area contributed by atoms with Gasteiger partial charge in [0.1, 0.15) is 11.6 Å². The molecule has 5 heteroatoms. The summed E-state index contributed by atoms with van der Waals surface area (Å²) >= 11 is 0. The van der Waals surface area contributed by atoms with E-state index in [0.717, 1.165) is 23.5 Å². The minimum Gasteiger partial charge on any atom is -0.384 e. The van der Waals surface area contributed by atoms with Crippen LogP contribution in [0.15, 0.2) is 18.5 Å². The van der Waals surface area contributed by atoms with Crippen LogP contribution in [0.5, 0.6) is 0 Å². The quantitative estimate of drug-likeness (QED) is 0.879. The Morgan fingerprint density at radius 1 is 1.28 bits per heavy atom. The predicted molar refractivity (Wildman–Crippen MR) is 71.8 cm³/mol. The fourth-order valence-corrected chi connectivity index (χ4v) is 1.77. The first-order valence-electron chi connectivity index (χ1n) is 5.96. The summed E-state index contributed by atoms with van der Waals surface area (Å²) in [6.07, 6.45) is 4.50. The molecule has 0 amide bonds. The van der Waals surface area contributed by atoms with Gasteiger partial charge in [-0.3, -0.25) is 4.68 Å². The SMILES string of the molecule is Cn1cc(-c2cc(N)nc(CC(C)(C)C)n2)cn1. The normalized spacial score (nSPS) is 11.8. The average molecular weight is 245 g/mol. The van der Waals surface area contributed by atoms with Crippen LogP contribution >= 0.6 is 0 Å². The molecule has 0 aromatic carbocycles. The third-order valence-electron chi connectivity index (χ3n) is 2.48. The largest absolute Gasteiger partial charge is 0.384 e. The number of aromatic nitrogens is 4. The summed E-state index contributed by atoms with van der Waals surface area (Å²) in [7, 11) is 1.88. The van der Waals surface area contributed by atoms with Crippen LogP contribution in [-0.4, -0.2) is 19.7 Å². The van der Waals surface area contributed by atoms with Crippen molar-refractivity contribution in [2.45, 2.75) is 27.2 Å². The topological polar surface area (TPSA) is 69.6 Å². The first kappa shape index (κ1) is 12.5. The zero-order chi connectivity index (χ0) is 13.3. The minimum atomic E-state index is 0.139. The molecule has 5 nitrogen and oxygen atoms in total. The molecule has 2 heterocycles. The molecule has 2 rings (SSSR count). The molecule has 2 aromatic rings. The van der Waals surface area contributed by atoms with Crippen LogP contribution in [0.25, 0.3) is 11.3 Å². The first-order chi connectivity index (χ1) is 8.33. The Morgan fingerprint density at radius 3 is 2.56 bits per heavy atom. The Kier molecular flexibility index (Phi) is 3.07. The van der Waals surface area contributed by atoms with Gasteiger partial charge < -0.3 is 5.73 Å². The summed E-state index contributed by atoms with van der Waals surface area (Å²) < 4.78 is 1.75. The molecule has 0 aliphatic heterocycles. The standard InChI is InChI=1S/C13H19N5/c1-13(2,3)6-12-16-10(5-11(14)17-12)9-7-15-18(4)8-9/h5,7-8H,6H2,1-4H3,(H2,14,16,17). The Labute approximate surface area is 107 Å². The van der Waals surface area contributed by atoms with Gasteiger partial charge in [0.2, 0.25) is 0 Å². The van der Waals surface area contributed by atoms with E-state index in [0.29, 0.717) is 5.82 Å². The number of hydrogen-bond acceptors (Lipinski definition) is 4. The Bertz CT molecular complexity index is 551. The summed E-state index contributed by atoms with van der Waals surface area (Å²) in [5.41, 5.74) is 7.77. The highest BCUT2D eigenvalue weighted by Crippen LogP contribution is 2.22. The van der Waals surface area contributed by atoms with Gasteiger partial charge in [-0.15, -0.1) is 0 Å². The molecule has 0 unspecified atom stereocenters. The van der Waals surface area contributed by atoms with Crippen molar-refractivity contribution in [1.82, 2.24) is 19.7 Å². The highest BCUT2D eigenvalue weighted by molar-refractivity contribution is 5.60. The number of anilines is 1. The third kappa shape index (κ3) is 3.06. The third-order valence-corrected chi connectivity index (χ3v) is 2.48. The molecule has 0 bridgehead atoms. The molecule has 2 N–H and O–H groups in total. The molecule has 0 saturated heterocycles. The predicted octanol–water partition coefficient (Wildman–Crippen LogP) is 2.05. The van der Waals surface area contributed by atoms with Crippen LogP contribution in [0, 0.1) is 5.41 Å². The number of aryl methyl sites for hydroxylation is 1. The van der Waals surface area contributed by atoms with Gasteiger partial charge >= 0.3 is 0 Å². The summed E-state index contributed by atoms with van der Waals surface area (Å²) in [6, 6.07) is 1.78. The smallest absolute Gasteiger partial charge is 0.131 e. The maximum atomic E-state index is 5.84. The maximum absolute atomic E-state index is 5.84. The molecule has 96 valence electrons. The van der Waals surface area contributed by atoms with Crippen LogP contribution in [0.1, 0.15) is 26.6 Å². The molecule has 0 aliphatic carbocycles. The highest BCUT2D eigenvalue weighted by Gasteiger charge is 2.15. The summed E-state index contributed by atoms with van der Waals surface area (Å²) in [6.45, 7) is 6.47. The van der Waals surface area contributed by atoms with Crippen LogP contribution in [-0.2, 0) is 13.5 Å². The second-order valence-electron chi connectivity index (χ2n) is 5.73. The minimum absolute atomic E-state index is 0.139. The monoisotopic (exact) mass is 245 g/mol. The van der Waals surface area contributed by atoms with Gasteiger partial charge in [0, 0.05) is 31.3 Å². The van der Waals surface area contributed by atoms with E-state index < -0.39 is 0 Å². The molecule has 0 fully saturated rings. The van der Waals surface area contributed by atoms with Crippen molar-refractivity contribution < 1.29 is 0 Å². The Morgan fingerprint density at radius 2 is 2.00 bits per heavy atom. The lowest BCUT2D eigenvalue weighted by molar-refractivity contribution is 0.401. The Hall–Kier alpha value is -1.91.